The van der Waals surface area contributed by atoms with Gasteiger partial charge >= 0.3 is 0 Å². The number of amides is 1. The van der Waals surface area contributed by atoms with Crippen molar-refractivity contribution in [2.45, 2.75) is 13.0 Å². The van der Waals surface area contributed by atoms with Gasteiger partial charge in [-0.25, -0.2) is 0 Å². The van der Waals surface area contributed by atoms with Crippen molar-refractivity contribution in [1.82, 2.24) is 15.1 Å². The summed E-state index contributed by atoms with van der Waals surface area (Å²) in [6.45, 7) is 1.72. The van der Waals surface area contributed by atoms with Gasteiger partial charge in [0.2, 0.25) is 0 Å². The summed E-state index contributed by atoms with van der Waals surface area (Å²) in [5.74, 6) is -0.191. The fourth-order valence-corrected chi connectivity index (χ4v) is 1.62. The number of carbonyl (C=O) groups is 1. The van der Waals surface area contributed by atoms with Gasteiger partial charge in [0.05, 0.1) is 18.2 Å². The first-order valence-corrected chi connectivity index (χ1v) is 5.46. The molecule has 5 heteroatoms. The number of nitrogens with zero attached hydrogens (tertiary/aromatic N) is 2. The van der Waals surface area contributed by atoms with Crippen LogP contribution in [0.4, 0.5) is 0 Å². The van der Waals surface area contributed by atoms with Gasteiger partial charge in [0.15, 0.2) is 5.69 Å². The highest BCUT2D eigenvalue weighted by Gasteiger charge is 2.21. The smallest absolute Gasteiger partial charge is 0.275 e. The lowest BCUT2D eigenvalue weighted by atomic mass is 10.2. The van der Waals surface area contributed by atoms with Crippen molar-refractivity contribution in [3.05, 3.63) is 30.0 Å². The topological polar surface area (TPSA) is 69.2 Å². The minimum absolute atomic E-state index is 0.0649. The Balaban J connectivity index is 2.37. The molecule has 1 unspecified atom stereocenters. The number of aliphatic hydroxyl groups is 1. The Morgan fingerprint density at radius 3 is 2.94 bits per heavy atom. The number of carbonyl (C=O) groups excluding carboxylic acids is 1. The van der Waals surface area contributed by atoms with Crippen molar-refractivity contribution in [2.24, 2.45) is 0 Å². The van der Waals surface area contributed by atoms with Crippen molar-refractivity contribution in [3.63, 3.8) is 0 Å². The lowest BCUT2D eigenvalue weighted by Crippen LogP contribution is -2.37. The first-order valence-electron chi connectivity index (χ1n) is 5.46. The van der Waals surface area contributed by atoms with Crippen LogP contribution in [0.5, 0.6) is 0 Å². The van der Waals surface area contributed by atoms with Crippen LogP contribution in [0.2, 0.25) is 0 Å². The van der Waals surface area contributed by atoms with Crippen LogP contribution >= 0.6 is 0 Å². The summed E-state index contributed by atoms with van der Waals surface area (Å²) in [5.41, 5.74) is 1.23. The normalized spacial score (nSPS) is 12.6. The fourth-order valence-electron chi connectivity index (χ4n) is 1.62. The number of hydrogen-bond donors (Lipinski definition) is 2. The molecule has 5 nitrogen and oxygen atoms in total. The van der Waals surface area contributed by atoms with Gasteiger partial charge in [-0.1, -0.05) is 18.2 Å². The Morgan fingerprint density at radius 2 is 2.24 bits per heavy atom. The molecule has 0 saturated heterocycles. The van der Waals surface area contributed by atoms with E-state index in [1.807, 2.05) is 24.3 Å². The van der Waals surface area contributed by atoms with Crippen molar-refractivity contribution in [3.8, 4) is 0 Å². The molecule has 2 rings (SSSR count). The van der Waals surface area contributed by atoms with E-state index in [2.05, 4.69) is 10.2 Å². The predicted molar refractivity (Wildman–Crippen MR) is 64.7 cm³/mol. The van der Waals surface area contributed by atoms with Crippen LogP contribution in [-0.2, 0) is 0 Å². The number of fused-ring (bicyclic) bond motifs is 1. The van der Waals surface area contributed by atoms with E-state index in [1.54, 1.807) is 14.0 Å². The van der Waals surface area contributed by atoms with Crippen LogP contribution in [0.1, 0.15) is 17.4 Å². The second-order valence-electron chi connectivity index (χ2n) is 4.07. The number of para-hydroxylation sites is 1. The van der Waals surface area contributed by atoms with E-state index in [0.29, 0.717) is 5.69 Å². The molecule has 2 N–H and O–H groups in total. The largest absolute Gasteiger partial charge is 0.394 e. The monoisotopic (exact) mass is 233 g/mol. The number of hydrogen-bond acceptors (Lipinski definition) is 3. The first kappa shape index (κ1) is 11.6. The van der Waals surface area contributed by atoms with E-state index < -0.39 is 0 Å². The Morgan fingerprint density at radius 1 is 1.53 bits per heavy atom. The van der Waals surface area contributed by atoms with Crippen molar-refractivity contribution in [2.75, 3.05) is 13.7 Å². The highest BCUT2D eigenvalue weighted by atomic mass is 16.3. The van der Waals surface area contributed by atoms with Gasteiger partial charge in [-0.15, -0.1) is 0 Å². The predicted octanol–water partition coefficient (Wildman–Crippen LogP) is 1.02. The van der Waals surface area contributed by atoms with Crippen LogP contribution in [0.15, 0.2) is 24.3 Å². The van der Waals surface area contributed by atoms with Gasteiger partial charge in [0.25, 0.3) is 5.91 Å². The molecule has 0 fully saturated rings. The maximum atomic E-state index is 12.2. The van der Waals surface area contributed by atoms with E-state index in [4.69, 9.17) is 5.11 Å². The Bertz CT molecular complexity index is 535. The Hall–Kier alpha value is -1.88. The first-order chi connectivity index (χ1) is 8.15. The average Bonchev–Trinajstić information content (AvgIpc) is 2.79. The van der Waals surface area contributed by atoms with Gasteiger partial charge in [0, 0.05) is 12.4 Å². The van der Waals surface area contributed by atoms with Crippen LogP contribution < -0.4 is 0 Å². The van der Waals surface area contributed by atoms with Gasteiger partial charge in [-0.05, 0) is 13.0 Å². The molecule has 90 valence electrons. The summed E-state index contributed by atoms with van der Waals surface area (Å²) in [5, 5.41) is 16.7. The number of aromatic amines is 1. The molecule has 0 aliphatic carbocycles. The summed E-state index contributed by atoms with van der Waals surface area (Å²) in [6, 6.07) is 7.25. The van der Waals surface area contributed by atoms with Crippen molar-refractivity contribution in [1.29, 1.82) is 0 Å². The molecule has 1 amide bonds. The van der Waals surface area contributed by atoms with E-state index in [9.17, 15) is 4.79 Å². The zero-order valence-electron chi connectivity index (χ0n) is 9.84. The molecule has 1 aromatic heterocycles. The molecule has 0 aliphatic heterocycles. The van der Waals surface area contributed by atoms with Gasteiger partial charge in [-0.3, -0.25) is 9.89 Å². The third kappa shape index (κ3) is 2.01. The lowest BCUT2D eigenvalue weighted by molar-refractivity contribution is 0.0678. The number of H-pyrrole nitrogens is 1. The highest BCUT2D eigenvalue weighted by molar-refractivity contribution is 6.04. The zero-order valence-corrected chi connectivity index (χ0v) is 9.84. The van der Waals surface area contributed by atoms with Crippen LogP contribution in [0.3, 0.4) is 0 Å². The lowest BCUT2D eigenvalue weighted by Gasteiger charge is -2.22. The van der Waals surface area contributed by atoms with E-state index >= 15 is 0 Å². The third-order valence-electron chi connectivity index (χ3n) is 2.92. The van der Waals surface area contributed by atoms with Crippen LogP contribution in [0, 0.1) is 0 Å². The highest BCUT2D eigenvalue weighted by Crippen LogP contribution is 2.17. The quantitative estimate of drug-likeness (QED) is 0.831. The van der Waals surface area contributed by atoms with Crippen molar-refractivity contribution >= 4 is 16.8 Å². The summed E-state index contributed by atoms with van der Waals surface area (Å²) in [4.78, 5) is 13.6. The summed E-state index contributed by atoms with van der Waals surface area (Å²) >= 11 is 0. The van der Waals surface area contributed by atoms with Crippen molar-refractivity contribution < 1.29 is 9.90 Å². The summed E-state index contributed by atoms with van der Waals surface area (Å²) in [7, 11) is 1.66. The molecule has 1 atom stereocenters. The summed E-state index contributed by atoms with van der Waals surface area (Å²) in [6.07, 6.45) is 0. The number of aliphatic hydroxyl groups excluding tert-OH is 1. The number of likely N-dealkylation sites (N-methyl/N-ethyl adjacent to an activating group) is 1. The molecule has 1 heterocycles. The number of nitrogens with one attached hydrogen (secondary N) is 1. The van der Waals surface area contributed by atoms with Crippen LogP contribution in [0.25, 0.3) is 10.9 Å². The average molecular weight is 233 g/mol. The van der Waals surface area contributed by atoms with Gasteiger partial charge in [-0.2, -0.15) is 5.10 Å². The second kappa shape index (κ2) is 4.55. The zero-order chi connectivity index (χ0) is 12.4. The molecule has 0 spiro atoms. The standard InChI is InChI=1S/C12H15N3O2/c1-8(7-16)15(2)12(17)11-9-5-3-4-6-10(9)13-14-11/h3-6,8,16H,7H2,1-2H3,(H,13,14). The summed E-state index contributed by atoms with van der Waals surface area (Å²) < 4.78 is 0. The molecule has 0 radical (unpaired) electrons. The Labute approximate surface area is 99.1 Å². The number of benzene rings is 1. The minimum atomic E-state index is -0.224. The second-order valence-corrected chi connectivity index (χ2v) is 4.07. The van der Waals surface area contributed by atoms with Gasteiger partial charge < -0.3 is 10.0 Å². The van der Waals surface area contributed by atoms with E-state index in [0.717, 1.165) is 10.9 Å². The molecular formula is C12H15N3O2. The number of aromatic nitrogens is 2. The van der Waals surface area contributed by atoms with Crippen LogP contribution in [-0.4, -0.2) is 45.8 Å². The molecule has 1 aromatic carbocycles. The molecule has 0 aliphatic rings. The maximum Gasteiger partial charge on any atom is 0.275 e. The number of rotatable bonds is 3. The van der Waals surface area contributed by atoms with E-state index in [-0.39, 0.29) is 18.6 Å². The molecule has 2 aromatic rings. The fraction of sp³-hybridized carbons (Fsp3) is 0.333. The third-order valence-corrected chi connectivity index (χ3v) is 2.92. The SMILES string of the molecule is CC(CO)N(C)C(=O)c1n[nH]c2ccccc12. The van der Waals surface area contributed by atoms with Gasteiger partial charge in [0.1, 0.15) is 0 Å². The molecular weight excluding hydrogens is 218 g/mol. The maximum absolute atomic E-state index is 12.2. The molecule has 0 saturated carbocycles. The minimum Gasteiger partial charge on any atom is -0.394 e. The Kier molecular flexibility index (Phi) is 3.10. The molecule has 0 bridgehead atoms. The van der Waals surface area contributed by atoms with E-state index in [1.165, 1.54) is 4.90 Å². The molecule has 17 heavy (non-hydrogen) atoms.